The molecular weight excluding hydrogens is 485 g/mol. The van der Waals surface area contributed by atoms with Gasteiger partial charge in [-0.25, -0.2) is 0 Å². The minimum atomic E-state index is 0.126. The molecular formula is C35H60S2. The molecule has 0 atom stereocenters. The van der Waals surface area contributed by atoms with Gasteiger partial charge in [-0.05, 0) is 98.4 Å². The predicted molar refractivity (Wildman–Crippen MR) is 177 cm³/mol. The van der Waals surface area contributed by atoms with Crippen LogP contribution in [0.25, 0.3) is 0 Å². The first-order valence-corrected chi connectivity index (χ1v) is 15.5. The highest BCUT2D eigenvalue weighted by molar-refractivity contribution is 7.99. The molecule has 0 saturated heterocycles. The van der Waals surface area contributed by atoms with Crippen molar-refractivity contribution < 1.29 is 0 Å². The smallest absolute Gasteiger partial charge is 0.0128 e. The summed E-state index contributed by atoms with van der Waals surface area (Å²) < 4.78 is 0. The molecule has 0 aliphatic heterocycles. The van der Waals surface area contributed by atoms with Crippen molar-refractivity contribution in [3.8, 4) is 0 Å². The van der Waals surface area contributed by atoms with Crippen molar-refractivity contribution in [1.82, 2.24) is 0 Å². The lowest BCUT2D eigenvalue weighted by atomic mass is 9.77. The van der Waals surface area contributed by atoms with E-state index in [0.29, 0.717) is 5.25 Å². The van der Waals surface area contributed by atoms with Crippen molar-refractivity contribution in [3.05, 3.63) is 57.6 Å². The van der Waals surface area contributed by atoms with Crippen molar-refractivity contribution in [1.29, 1.82) is 0 Å². The monoisotopic (exact) mass is 544 g/mol. The van der Waals surface area contributed by atoms with Crippen LogP contribution in [0.15, 0.2) is 34.1 Å². The van der Waals surface area contributed by atoms with Gasteiger partial charge in [0.1, 0.15) is 0 Å². The van der Waals surface area contributed by atoms with E-state index in [2.05, 4.69) is 134 Å². The Labute approximate surface area is 242 Å². The van der Waals surface area contributed by atoms with E-state index in [0.717, 1.165) is 0 Å². The van der Waals surface area contributed by atoms with Crippen LogP contribution in [-0.4, -0.2) is 5.25 Å². The zero-order valence-electron chi connectivity index (χ0n) is 27.7. The van der Waals surface area contributed by atoms with Gasteiger partial charge in [0.2, 0.25) is 0 Å². The van der Waals surface area contributed by atoms with Crippen molar-refractivity contribution in [2.75, 3.05) is 0 Å². The first-order chi connectivity index (χ1) is 16.5. The average Bonchev–Trinajstić information content (AvgIpc) is 2.68. The van der Waals surface area contributed by atoms with Gasteiger partial charge in [-0.3, -0.25) is 0 Å². The SMILES string of the molecule is CC.CC(C)S.Cc1c(C(C)(C)C)cc(Sc2cc(C(C)(C)C)c(C)c(C(C)(C)C)c2)cc1C(C)(C)C. The number of benzene rings is 2. The predicted octanol–water partition coefficient (Wildman–Crippen LogP) is 12.0. The Morgan fingerprint density at radius 3 is 0.811 bits per heavy atom. The zero-order valence-corrected chi connectivity index (χ0v) is 29.5. The van der Waals surface area contributed by atoms with Crippen LogP contribution in [0.1, 0.15) is 144 Å². The lowest BCUT2D eigenvalue weighted by Crippen LogP contribution is -2.20. The summed E-state index contributed by atoms with van der Waals surface area (Å²) in [5.74, 6) is 0. The van der Waals surface area contributed by atoms with Crippen LogP contribution in [0, 0.1) is 13.8 Å². The molecule has 212 valence electrons. The van der Waals surface area contributed by atoms with E-state index in [1.165, 1.54) is 43.2 Å². The maximum absolute atomic E-state index is 3.97. The molecule has 0 bridgehead atoms. The number of rotatable bonds is 2. The molecule has 2 heteroatoms. The highest BCUT2D eigenvalue weighted by Crippen LogP contribution is 2.42. The molecule has 37 heavy (non-hydrogen) atoms. The number of hydrogen-bond donors (Lipinski definition) is 1. The minimum absolute atomic E-state index is 0.126. The highest BCUT2D eigenvalue weighted by atomic mass is 32.2. The second-order valence-electron chi connectivity index (χ2n) is 14.5. The van der Waals surface area contributed by atoms with E-state index < -0.39 is 0 Å². The lowest BCUT2D eigenvalue weighted by Gasteiger charge is -2.31. The summed E-state index contributed by atoms with van der Waals surface area (Å²) in [7, 11) is 0. The summed E-state index contributed by atoms with van der Waals surface area (Å²) >= 11 is 5.89. The van der Waals surface area contributed by atoms with Crippen molar-refractivity contribution in [2.24, 2.45) is 0 Å². The van der Waals surface area contributed by atoms with Gasteiger partial charge in [-0.1, -0.05) is 123 Å². The summed E-state index contributed by atoms with van der Waals surface area (Å²) in [6, 6.07) is 9.73. The van der Waals surface area contributed by atoms with Crippen LogP contribution in [0.2, 0.25) is 0 Å². The molecule has 2 rings (SSSR count). The molecule has 0 heterocycles. The van der Waals surface area contributed by atoms with E-state index >= 15 is 0 Å². The third-order valence-corrected chi connectivity index (χ3v) is 7.17. The van der Waals surface area contributed by atoms with Gasteiger partial charge in [0, 0.05) is 9.79 Å². The van der Waals surface area contributed by atoms with Gasteiger partial charge in [-0.2, -0.15) is 12.6 Å². The largest absolute Gasteiger partial charge is 0.177 e. The maximum atomic E-state index is 3.97. The van der Waals surface area contributed by atoms with Crippen LogP contribution < -0.4 is 0 Å². The molecule has 0 nitrogen and oxygen atoms in total. The Hall–Kier alpha value is -0.860. The van der Waals surface area contributed by atoms with Crippen molar-refractivity contribution in [2.45, 2.75) is 161 Å². The molecule has 0 saturated carbocycles. The third-order valence-electron chi connectivity index (χ3n) is 6.23. The fourth-order valence-corrected chi connectivity index (χ4v) is 5.72. The zero-order chi connectivity index (χ0) is 29.7. The summed E-state index contributed by atoms with van der Waals surface area (Å²) in [4.78, 5) is 2.70. The molecule has 0 N–H and O–H groups in total. The van der Waals surface area contributed by atoms with Gasteiger partial charge < -0.3 is 0 Å². The third kappa shape index (κ3) is 11.0. The van der Waals surface area contributed by atoms with Crippen LogP contribution in [-0.2, 0) is 21.7 Å². The first-order valence-electron chi connectivity index (χ1n) is 14.1. The Bertz CT molecular complexity index is 845. The molecule has 0 aliphatic rings. The lowest BCUT2D eigenvalue weighted by molar-refractivity contribution is 0.558. The van der Waals surface area contributed by atoms with E-state index in [4.69, 9.17) is 0 Å². The van der Waals surface area contributed by atoms with Gasteiger partial charge in [0.05, 0.1) is 0 Å². The molecule has 0 fully saturated rings. The summed E-state index contributed by atoms with van der Waals surface area (Å²) in [6.07, 6.45) is 0. The standard InChI is InChI=1S/C30H46S.C3H8S.C2H6/c1-19-23(27(3,4)5)15-21(16-24(19)28(6,7)8)31-22-17-25(29(9,10)11)20(2)26(18-22)30(12,13)14;1-3(2)4;1-2/h15-18H,1-14H3;3-4H,1-2H3;1-2H3. The molecule has 0 radical (unpaired) electrons. The topological polar surface area (TPSA) is 0 Å². The van der Waals surface area contributed by atoms with Gasteiger partial charge in [-0.15, -0.1) is 0 Å². The second kappa shape index (κ2) is 13.5. The fraction of sp³-hybridized carbons (Fsp3) is 0.657. The van der Waals surface area contributed by atoms with E-state index in [9.17, 15) is 0 Å². The maximum Gasteiger partial charge on any atom is 0.0128 e. The van der Waals surface area contributed by atoms with E-state index in [1.807, 2.05) is 39.5 Å². The fourth-order valence-electron chi connectivity index (χ4n) is 4.75. The molecule has 2 aromatic rings. The second-order valence-corrected chi connectivity index (χ2v) is 16.7. The van der Waals surface area contributed by atoms with Crippen molar-refractivity contribution >= 4 is 24.4 Å². The molecule has 0 unspecified atom stereocenters. The molecule has 0 aromatic heterocycles. The molecule has 0 aliphatic carbocycles. The van der Waals surface area contributed by atoms with Crippen LogP contribution in [0.5, 0.6) is 0 Å². The average molecular weight is 545 g/mol. The summed E-state index contributed by atoms with van der Waals surface area (Å²) in [5, 5.41) is 0.528. The van der Waals surface area contributed by atoms with Crippen LogP contribution >= 0.6 is 24.4 Å². The first kappa shape index (κ1) is 36.1. The van der Waals surface area contributed by atoms with Gasteiger partial charge in [0.25, 0.3) is 0 Å². The Morgan fingerprint density at radius 1 is 0.514 bits per heavy atom. The van der Waals surface area contributed by atoms with Crippen LogP contribution in [0.4, 0.5) is 0 Å². The van der Waals surface area contributed by atoms with E-state index in [-0.39, 0.29) is 21.7 Å². The molecule has 0 spiro atoms. The Kier molecular flexibility index (Phi) is 13.2. The van der Waals surface area contributed by atoms with Gasteiger partial charge in [0.15, 0.2) is 0 Å². The molecule has 2 aromatic carbocycles. The minimum Gasteiger partial charge on any atom is -0.177 e. The quantitative estimate of drug-likeness (QED) is 0.367. The van der Waals surface area contributed by atoms with Gasteiger partial charge >= 0.3 is 0 Å². The normalized spacial score (nSPS) is 12.5. The molecule has 0 amide bonds. The van der Waals surface area contributed by atoms with E-state index in [1.54, 1.807) is 0 Å². The highest BCUT2D eigenvalue weighted by Gasteiger charge is 2.27. The van der Waals surface area contributed by atoms with Crippen LogP contribution in [0.3, 0.4) is 0 Å². The summed E-state index contributed by atoms with van der Waals surface area (Å²) in [5.41, 5.74) is 9.23. The Balaban J connectivity index is 0.00000196. The number of thiol groups is 1. The Morgan fingerprint density at radius 2 is 0.676 bits per heavy atom. The number of hydrogen-bond acceptors (Lipinski definition) is 2. The van der Waals surface area contributed by atoms with Crippen molar-refractivity contribution in [3.63, 3.8) is 0 Å². The summed E-state index contributed by atoms with van der Waals surface area (Å²) in [6.45, 7) is 40.6.